The van der Waals surface area contributed by atoms with Crippen LogP contribution in [0.2, 0.25) is 0 Å². The summed E-state index contributed by atoms with van der Waals surface area (Å²) in [5.41, 5.74) is 1.03. The molecule has 2 aliphatic heterocycles. The molecule has 1 amide bonds. The number of rotatable bonds is 3. The predicted octanol–water partition coefficient (Wildman–Crippen LogP) is 1.17. The summed E-state index contributed by atoms with van der Waals surface area (Å²) in [6, 6.07) is 6.90. The third-order valence-corrected chi connectivity index (χ3v) is 7.78. The van der Waals surface area contributed by atoms with Crippen LogP contribution in [0, 0.1) is 6.92 Å². The number of sulfonamides is 1. The Hall–Kier alpha value is -1.83. The summed E-state index contributed by atoms with van der Waals surface area (Å²) < 4.78 is 58.6. The van der Waals surface area contributed by atoms with Gasteiger partial charge in [-0.25, -0.2) is 13.2 Å². The molecule has 1 atom stereocenters. The van der Waals surface area contributed by atoms with Crippen molar-refractivity contribution in [2.24, 2.45) is 0 Å². The van der Waals surface area contributed by atoms with E-state index in [1.165, 1.54) is 4.31 Å². The smallest absolute Gasteiger partial charge is 0.475 e. The number of carbonyl (C=O) groups is 2. The molecule has 0 radical (unpaired) electrons. The number of hydrogen-bond acceptors (Lipinski definition) is 6. The molecule has 8 nitrogen and oxygen atoms in total. The minimum Gasteiger partial charge on any atom is -0.475 e. The van der Waals surface area contributed by atoms with Gasteiger partial charge in [-0.3, -0.25) is 4.79 Å². The van der Waals surface area contributed by atoms with E-state index in [4.69, 9.17) is 9.90 Å². The van der Waals surface area contributed by atoms with E-state index in [0.29, 0.717) is 37.6 Å². The van der Waals surface area contributed by atoms with Crippen LogP contribution >= 0.6 is 11.8 Å². The molecule has 2 fully saturated rings. The quantitative estimate of drug-likeness (QED) is 0.665. The molecule has 174 valence electrons. The summed E-state index contributed by atoms with van der Waals surface area (Å²) in [6.45, 7) is 5.20. The molecule has 1 aromatic carbocycles. The lowest BCUT2D eigenvalue weighted by molar-refractivity contribution is -0.192. The first-order chi connectivity index (χ1) is 14.4. The van der Waals surface area contributed by atoms with E-state index in [0.717, 1.165) is 17.9 Å². The first kappa shape index (κ1) is 25.4. The molecule has 31 heavy (non-hydrogen) atoms. The van der Waals surface area contributed by atoms with Crippen molar-refractivity contribution in [3.63, 3.8) is 0 Å². The number of aryl methyl sites for hydroxylation is 1. The number of halogens is 3. The van der Waals surface area contributed by atoms with Gasteiger partial charge < -0.3 is 15.3 Å². The Morgan fingerprint density at radius 2 is 1.68 bits per heavy atom. The van der Waals surface area contributed by atoms with Crippen LogP contribution < -0.4 is 5.32 Å². The topological polar surface area (TPSA) is 107 Å². The van der Waals surface area contributed by atoms with Crippen LogP contribution in [0.3, 0.4) is 0 Å². The maximum Gasteiger partial charge on any atom is 0.490 e. The van der Waals surface area contributed by atoms with Crippen molar-refractivity contribution in [3.05, 3.63) is 29.8 Å². The largest absolute Gasteiger partial charge is 0.490 e. The SMILES string of the molecule is Cc1ccc(S(=O)(=O)N2CCN(C(=O)C3CNCCS3)CC2)cc1.O=C(O)C(F)(F)F. The molecule has 2 aliphatic rings. The fourth-order valence-corrected chi connectivity index (χ4v) is 5.43. The molecule has 3 rings (SSSR count). The van der Waals surface area contributed by atoms with E-state index in [1.54, 1.807) is 40.9 Å². The zero-order valence-corrected chi connectivity index (χ0v) is 18.4. The number of nitrogens with one attached hydrogen (secondary N) is 1. The normalized spacial score (nSPS) is 20.5. The summed E-state index contributed by atoms with van der Waals surface area (Å²) in [7, 11) is -3.47. The average Bonchev–Trinajstić information content (AvgIpc) is 2.74. The van der Waals surface area contributed by atoms with Crippen molar-refractivity contribution in [2.75, 3.05) is 45.0 Å². The number of hydrogen-bond donors (Lipinski definition) is 2. The molecule has 0 spiro atoms. The molecule has 0 saturated carbocycles. The minimum absolute atomic E-state index is 0.0426. The minimum atomic E-state index is -5.08. The number of aliphatic carboxylic acids is 1. The second kappa shape index (κ2) is 10.7. The van der Waals surface area contributed by atoms with Crippen molar-refractivity contribution >= 4 is 33.7 Å². The Bertz CT molecular complexity index is 864. The monoisotopic (exact) mass is 483 g/mol. The van der Waals surface area contributed by atoms with Crippen LogP contribution in [0.15, 0.2) is 29.2 Å². The molecule has 0 aromatic heterocycles. The number of carbonyl (C=O) groups excluding carboxylic acids is 1. The van der Waals surface area contributed by atoms with Gasteiger partial charge >= 0.3 is 12.1 Å². The van der Waals surface area contributed by atoms with Gasteiger partial charge in [0.15, 0.2) is 0 Å². The highest BCUT2D eigenvalue weighted by molar-refractivity contribution is 8.00. The van der Waals surface area contributed by atoms with Crippen molar-refractivity contribution in [1.29, 1.82) is 0 Å². The molecular formula is C18H24F3N3O5S2. The molecule has 0 aliphatic carbocycles. The van der Waals surface area contributed by atoms with Crippen LogP contribution in [0.5, 0.6) is 0 Å². The van der Waals surface area contributed by atoms with Gasteiger partial charge in [-0.15, -0.1) is 11.8 Å². The van der Waals surface area contributed by atoms with Gasteiger partial charge in [-0.2, -0.15) is 17.5 Å². The molecule has 13 heteroatoms. The number of piperazine rings is 1. The summed E-state index contributed by atoms with van der Waals surface area (Å²) in [4.78, 5) is 23.5. The van der Waals surface area contributed by atoms with Crippen molar-refractivity contribution in [2.45, 2.75) is 23.2 Å². The Morgan fingerprint density at radius 3 is 2.13 bits per heavy atom. The summed E-state index contributed by atoms with van der Waals surface area (Å²) in [5.74, 6) is -1.69. The van der Waals surface area contributed by atoms with Crippen LogP contribution in [0.4, 0.5) is 13.2 Å². The van der Waals surface area contributed by atoms with Gasteiger partial charge in [0, 0.05) is 45.0 Å². The van der Waals surface area contributed by atoms with E-state index in [-0.39, 0.29) is 11.2 Å². The van der Waals surface area contributed by atoms with E-state index < -0.39 is 22.2 Å². The van der Waals surface area contributed by atoms with Crippen molar-refractivity contribution in [3.8, 4) is 0 Å². The number of nitrogens with zero attached hydrogens (tertiary/aromatic N) is 2. The Kier molecular flexibility index (Phi) is 8.74. The third kappa shape index (κ3) is 7.09. The molecule has 0 bridgehead atoms. The van der Waals surface area contributed by atoms with Crippen molar-refractivity contribution in [1.82, 2.24) is 14.5 Å². The fourth-order valence-electron chi connectivity index (χ4n) is 2.94. The number of carboxylic acids is 1. The van der Waals surface area contributed by atoms with Gasteiger partial charge in [0.1, 0.15) is 0 Å². The number of carboxylic acid groups (broad SMARTS) is 1. The first-order valence-corrected chi connectivity index (χ1v) is 11.9. The van der Waals surface area contributed by atoms with Gasteiger partial charge in [-0.05, 0) is 19.1 Å². The lowest BCUT2D eigenvalue weighted by Crippen LogP contribution is -2.54. The van der Waals surface area contributed by atoms with Gasteiger partial charge in [0.25, 0.3) is 0 Å². The molecular weight excluding hydrogens is 459 g/mol. The second-order valence-corrected chi connectivity index (χ2v) is 10.2. The molecule has 1 aromatic rings. The summed E-state index contributed by atoms with van der Waals surface area (Å²) >= 11 is 1.68. The van der Waals surface area contributed by atoms with Crippen molar-refractivity contribution < 1.29 is 36.3 Å². The number of alkyl halides is 3. The third-order valence-electron chi connectivity index (χ3n) is 4.65. The average molecular weight is 484 g/mol. The summed E-state index contributed by atoms with van der Waals surface area (Å²) in [6.07, 6.45) is -5.08. The number of amides is 1. The lowest BCUT2D eigenvalue weighted by atomic mass is 10.2. The predicted molar refractivity (Wildman–Crippen MR) is 109 cm³/mol. The van der Waals surface area contributed by atoms with Crippen LogP contribution in [0.25, 0.3) is 0 Å². The number of benzene rings is 1. The lowest BCUT2D eigenvalue weighted by Gasteiger charge is -2.36. The van der Waals surface area contributed by atoms with Crippen LogP contribution in [-0.2, 0) is 19.6 Å². The highest BCUT2D eigenvalue weighted by Gasteiger charge is 2.38. The second-order valence-electron chi connectivity index (χ2n) is 6.91. The van der Waals surface area contributed by atoms with Crippen LogP contribution in [0.1, 0.15) is 5.56 Å². The number of thioether (sulfide) groups is 1. The molecule has 2 saturated heterocycles. The molecule has 2 heterocycles. The highest BCUT2D eigenvalue weighted by Crippen LogP contribution is 2.21. The van der Waals surface area contributed by atoms with E-state index in [1.807, 2.05) is 6.92 Å². The Labute approximate surface area is 182 Å². The van der Waals surface area contributed by atoms with Crippen LogP contribution in [-0.4, -0.2) is 91.1 Å². The maximum atomic E-state index is 12.7. The first-order valence-electron chi connectivity index (χ1n) is 9.41. The molecule has 2 N–H and O–H groups in total. The fraction of sp³-hybridized carbons (Fsp3) is 0.556. The van der Waals surface area contributed by atoms with E-state index in [2.05, 4.69) is 5.32 Å². The molecule has 1 unspecified atom stereocenters. The van der Waals surface area contributed by atoms with Gasteiger partial charge in [0.2, 0.25) is 15.9 Å². The van der Waals surface area contributed by atoms with E-state index >= 15 is 0 Å². The van der Waals surface area contributed by atoms with E-state index in [9.17, 15) is 26.4 Å². The van der Waals surface area contributed by atoms with Gasteiger partial charge in [0.05, 0.1) is 10.1 Å². The summed E-state index contributed by atoms with van der Waals surface area (Å²) in [5, 5.41) is 10.3. The Balaban J connectivity index is 0.000000423. The zero-order chi connectivity index (χ0) is 23.2. The zero-order valence-electron chi connectivity index (χ0n) is 16.8. The highest BCUT2D eigenvalue weighted by atomic mass is 32.2. The van der Waals surface area contributed by atoms with Gasteiger partial charge in [-0.1, -0.05) is 17.7 Å². The maximum absolute atomic E-state index is 12.7. The Morgan fingerprint density at radius 1 is 1.13 bits per heavy atom. The standard InChI is InChI=1S/C16H23N3O3S2.C2HF3O2/c1-13-2-4-14(5-3-13)24(21,22)19-9-7-18(8-10-19)16(20)15-12-17-6-11-23-15;3-2(4,5)1(6)7/h2-5,15,17H,6-12H2,1H3;(H,6,7).